The van der Waals surface area contributed by atoms with Gasteiger partial charge in [0.25, 0.3) is 0 Å². The average Bonchev–Trinajstić information content (AvgIpc) is 3.01. The lowest BCUT2D eigenvalue weighted by Crippen LogP contribution is -2.34. The molecule has 1 aromatic carbocycles. The van der Waals surface area contributed by atoms with Gasteiger partial charge in [-0.25, -0.2) is 14.2 Å². The molecule has 0 spiro atoms. The highest BCUT2D eigenvalue weighted by Crippen LogP contribution is 2.42. The molecule has 188 valence electrons. The van der Waals surface area contributed by atoms with Crippen molar-refractivity contribution in [2.24, 2.45) is 13.0 Å². The highest BCUT2D eigenvalue weighted by atomic mass is 19.1. The molecule has 4 aromatic rings. The first-order valence-corrected chi connectivity index (χ1v) is 12.7. The van der Waals surface area contributed by atoms with Crippen molar-refractivity contribution >= 4 is 21.9 Å². The lowest BCUT2D eigenvalue weighted by molar-refractivity contribution is 0.176. The minimum atomic E-state index is -0.442. The molecule has 2 aliphatic rings. The number of pyridine rings is 2. The van der Waals surface area contributed by atoms with E-state index in [1.165, 1.54) is 18.9 Å². The zero-order valence-electron chi connectivity index (χ0n) is 20.7. The predicted molar refractivity (Wildman–Crippen MR) is 136 cm³/mol. The van der Waals surface area contributed by atoms with Crippen molar-refractivity contribution in [2.45, 2.75) is 32.7 Å². The maximum atomic E-state index is 15.4. The van der Waals surface area contributed by atoms with Crippen LogP contribution in [0.2, 0.25) is 0 Å². The second kappa shape index (κ2) is 9.20. The minimum absolute atomic E-state index is 0.139. The van der Waals surface area contributed by atoms with Crippen LogP contribution in [-0.2, 0) is 13.6 Å². The van der Waals surface area contributed by atoms with Crippen molar-refractivity contribution in [3.63, 3.8) is 0 Å². The van der Waals surface area contributed by atoms with E-state index in [0.29, 0.717) is 52.3 Å². The monoisotopic (exact) mass is 491 g/mol. The fraction of sp³-hybridized carbons (Fsp3) is 0.444. The Morgan fingerprint density at radius 2 is 2.00 bits per heavy atom. The van der Waals surface area contributed by atoms with E-state index in [2.05, 4.69) is 21.8 Å². The van der Waals surface area contributed by atoms with Gasteiger partial charge in [0, 0.05) is 37.5 Å². The van der Waals surface area contributed by atoms with Crippen LogP contribution in [-0.4, -0.2) is 56.9 Å². The lowest BCUT2D eigenvalue weighted by Gasteiger charge is -2.29. The van der Waals surface area contributed by atoms with E-state index in [1.54, 1.807) is 40.7 Å². The van der Waals surface area contributed by atoms with Gasteiger partial charge in [0.05, 0.1) is 46.8 Å². The Labute approximate surface area is 208 Å². The van der Waals surface area contributed by atoms with Crippen LogP contribution in [0.4, 0.5) is 4.39 Å². The fourth-order valence-electron chi connectivity index (χ4n) is 5.39. The van der Waals surface area contributed by atoms with E-state index in [1.807, 2.05) is 0 Å². The number of piperidine rings is 1. The first-order valence-electron chi connectivity index (χ1n) is 12.7. The second-order valence-electron chi connectivity index (χ2n) is 9.90. The standard InChI is InChI=1S/C27H30FN5O3/c1-17-6-9-32(10-7-17)8-3-12-35-22-5-4-18(15-30-22)23-19(28)14-20-24-25-21(16-29-20)31(2)27(34)33(25)11-13-36-26(23)24/h4-5,14-17H,3,6-13H2,1-2H3. The Bertz CT molecular complexity index is 1490. The summed E-state index contributed by atoms with van der Waals surface area (Å²) in [6.45, 7) is 6.90. The van der Waals surface area contributed by atoms with E-state index in [-0.39, 0.29) is 12.3 Å². The molecule has 3 aromatic heterocycles. The van der Waals surface area contributed by atoms with Crippen LogP contribution in [0.25, 0.3) is 33.1 Å². The Kier molecular flexibility index (Phi) is 5.87. The van der Waals surface area contributed by atoms with Crippen LogP contribution in [0.1, 0.15) is 26.2 Å². The third-order valence-electron chi connectivity index (χ3n) is 7.50. The summed E-state index contributed by atoms with van der Waals surface area (Å²) in [6, 6.07) is 4.97. The van der Waals surface area contributed by atoms with E-state index < -0.39 is 5.82 Å². The first-order chi connectivity index (χ1) is 17.5. The van der Waals surface area contributed by atoms with E-state index in [9.17, 15) is 4.79 Å². The number of nitrogens with zero attached hydrogens (tertiary/aromatic N) is 5. The van der Waals surface area contributed by atoms with Gasteiger partial charge in [-0.2, -0.15) is 0 Å². The molecule has 0 saturated carbocycles. The molecular weight excluding hydrogens is 461 g/mol. The second-order valence-corrected chi connectivity index (χ2v) is 9.90. The number of imidazole rings is 1. The third kappa shape index (κ3) is 3.91. The molecule has 0 amide bonds. The number of aryl methyl sites for hydroxylation is 1. The SMILES string of the molecule is CC1CCN(CCCOc2ccc(-c3c(F)cc4ncc5c6c4c3OCCn6c(=O)n5C)cn2)CC1. The molecular formula is C27H30FN5O3. The van der Waals surface area contributed by atoms with Gasteiger partial charge in [0.15, 0.2) is 0 Å². The summed E-state index contributed by atoms with van der Waals surface area (Å²) in [6.07, 6.45) is 6.71. The Balaban J connectivity index is 1.26. The zero-order valence-corrected chi connectivity index (χ0v) is 20.7. The van der Waals surface area contributed by atoms with Gasteiger partial charge in [-0.1, -0.05) is 6.92 Å². The molecule has 6 rings (SSSR count). The number of hydrogen-bond donors (Lipinski definition) is 0. The van der Waals surface area contributed by atoms with E-state index >= 15 is 4.39 Å². The maximum Gasteiger partial charge on any atom is 0.329 e. The first kappa shape index (κ1) is 23.0. The molecule has 0 atom stereocenters. The predicted octanol–water partition coefficient (Wildman–Crippen LogP) is 3.98. The number of aromatic nitrogens is 4. The van der Waals surface area contributed by atoms with Crippen LogP contribution in [0, 0.1) is 11.7 Å². The number of ether oxygens (including phenoxy) is 2. The summed E-state index contributed by atoms with van der Waals surface area (Å²) in [5, 5.41) is 0.645. The highest BCUT2D eigenvalue weighted by molar-refractivity contribution is 6.09. The van der Waals surface area contributed by atoms with Gasteiger partial charge >= 0.3 is 5.69 Å². The Hall–Kier alpha value is -3.46. The molecule has 5 heterocycles. The molecule has 2 aliphatic heterocycles. The van der Waals surface area contributed by atoms with Crippen LogP contribution in [0.5, 0.6) is 11.6 Å². The minimum Gasteiger partial charge on any atom is -0.490 e. The molecule has 0 N–H and O–H groups in total. The van der Waals surface area contributed by atoms with Gasteiger partial charge in [-0.05, 0) is 44.3 Å². The molecule has 36 heavy (non-hydrogen) atoms. The topological polar surface area (TPSA) is 74.4 Å². The van der Waals surface area contributed by atoms with Gasteiger partial charge in [-0.3, -0.25) is 14.1 Å². The zero-order chi connectivity index (χ0) is 24.8. The van der Waals surface area contributed by atoms with Crippen molar-refractivity contribution in [3.05, 3.63) is 46.9 Å². The molecule has 1 saturated heterocycles. The van der Waals surface area contributed by atoms with Crippen LogP contribution in [0.3, 0.4) is 0 Å². The van der Waals surface area contributed by atoms with Crippen molar-refractivity contribution in [3.8, 4) is 22.8 Å². The number of rotatable bonds is 6. The van der Waals surface area contributed by atoms with Crippen LogP contribution in [0.15, 0.2) is 35.4 Å². The number of benzene rings is 1. The average molecular weight is 492 g/mol. The molecule has 0 bridgehead atoms. The third-order valence-corrected chi connectivity index (χ3v) is 7.50. The quantitative estimate of drug-likeness (QED) is 0.380. The van der Waals surface area contributed by atoms with E-state index in [0.717, 1.165) is 37.5 Å². The Morgan fingerprint density at radius 1 is 1.17 bits per heavy atom. The largest absolute Gasteiger partial charge is 0.490 e. The highest BCUT2D eigenvalue weighted by Gasteiger charge is 2.26. The number of likely N-dealkylation sites (tertiary alicyclic amines) is 1. The van der Waals surface area contributed by atoms with Crippen molar-refractivity contribution in [1.29, 1.82) is 0 Å². The van der Waals surface area contributed by atoms with Crippen molar-refractivity contribution in [2.75, 3.05) is 32.8 Å². The van der Waals surface area contributed by atoms with Crippen LogP contribution >= 0.6 is 0 Å². The molecule has 9 heteroatoms. The smallest absolute Gasteiger partial charge is 0.329 e. The summed E-state index contributed by atoms with van der Waals surface area (Å²) in [4.78, 5) is 24.1. The maximum absolute atomic E-state index is 15.4. The summed E-state index contributed by atoms with van der Waals surface area (Å²) in [7, 11) is 1.72. The van der Waals surface area contributed by atoms with Crippen molar-refractivity contribution in [1.82, 2.24) is 24.0 Å². The molecule has 1 fully saturated rings. The summed E-state index contributed by atoms with van der Waals surface area (Å²) in [5.41, 5.74) is 2.63. The summed E-state index contributed by atoms with van der Waals surface area (Å²) >= 11 is 0. The van der Waals surface area contributed by atoms with Gasteiger partial charge in [-0.15, -0.1) is 0 Å². The molecule has 0 radical (unpaired) electrons. The van der Waals surface area contributed by atoms with Crippen LogP contribution < -0.4 is 15.2 Å². The number of hydrogen-bond acceptors (Lipinski definition) is 6. The lowest BCUT2D eigenvalue weighted by atomic mass is 9.99. The normalized spacial score (nSPS) is 16.5. The Morgan fingerprint density at radius 3 is 2.78 bits per heavy atom. The van der Waals surface area contributed by atoms with Gasteiger partial charge in [0.2, 0.25) is 5.88 Å². The molecule has 0 aliphatic carbocycles. The van der Waals surface area contributed by atoms with Crippen molar-refractivity contribution < 1.29 is 13.9 Å². The summed E-state index contributed by atoms with van der Waals surface area (Å²) in [5.74, 6) is 1.30. The fourth-order valence-corrected chi connectivity index (χ4v) is 5.39. The molecule has 8 nitrogen and oxygen atoms in total. The molecule has 0 unspecified atom stereocenters. The number of halogens is 1. The summed E-state index contributed by atoms with van der Waals surface area (Å²) < 4.78 is 30.5. The van der Waals surface area contributed by atoms with E-state index in [4.69, 9.17) is 9.47 Å². The van der Waals surface area contributed by atoms with Gasteiger partial charge in [0.1, 0.15) is 18.2 Å². The van der Waals surface area contributed by atoms with Gasteiger partial charge < -0.3 is 14.4 Å².